The Morgan fingerprint density at radius 2 is 2.06 bits per heavy atom. The van der Waals surface area contributed by atoms with Crippen LogP contribution in [0.15, 0.2) is 36.9 Å². The quantitative estimate of drug-likeness (QED) is 0.430. The maximum atomic E-state index is 11.4. The van der Waals surface area contributed by atoms with Gasteiger partial charge in [-0.15, -0.1) is 6.58 Å². The van der Waals surface area contributed by atoms with Crippen molar-refractivity contribution in [3.63, 3.8) is 0 Å². The zero-order valence-electron chi connectivity index (χ0n) is 10.1. The van der Waals surface area contributed by atoms with Crippen LogP contribution < -0.4 is 11.1 Å². The van der Waals surface area contributed by atoms with Crippen molar-refractivity contribution in [1.82, 2.24) is 5.32 Å². The molecule has 0 bridgehead atoms. The highest BCUT2D eigenvalue weighted by molar-refractivity contribution is 5.75. The number of carbonyl (C=O) groups is 1. The van der Waals surface area contributed by atoms with Gasteiger partial charge in [0.05, 0.1) is 0 Å². The number of rotatable bonds is 7. The van der Waals surface area contributed by atoms with Gasteiger partial charge in [0.15, 0.2) is 0 Å². The number of benzene rings is 1. The Morgan fingerprint density at radius 1 is 1.35 bits per heavy atom. The van der Waals surface area contributed by atoms with Crippen LogP contribution in [-0.2, 0) is 11.2 Å². The van der Waals surface area contributed by atoms with Crippen LogP contribution in [0.5, 0.6) is 0 Å². The number of unbranched alkanes of at least 4 members (excludes halogenated alkanes) is 1. The van der Waals surface area contributed by atoms with Crippen LogP contribution >= 0.6 is 0 Å². The lowest BCUT2D eigenvalue weighted by atomic mass is 10.1. The zero-order chi connectivity index (χ0) is 12.5. The van der Waals surface area contributed by atoms with Crippen LogP contribution in [0.4, 0.5) is 5.69 Å². The minimum absolute atomic E-state index is 0.113. The molecule has 0 spiro atoms. The number of anilines is 1. The summed E-state index contributed by atoms with van der Waals surface area (Å²) in [6.07, 6.45) is 5.02. The van der Waals surface area contributed by atoms with Gasteiger partial charge in [-0.1, -0.05) is 18.2 Å². The molecule has 92 valence electrons. The van der Waals surface area contributed by atoms with Gasteiger partial charge in [-0.3, -0.25) is 4.79 Å². The lowest BCUT2D eigenvalue weighted by Crippen LogP contribution is -2.25. The molecule has 0 saturated heterocycles. The van der Waals surface area contributed by atoms with Crippen LogP contribution in [0.25, 0.3) is 0 Å². The molecular formula is C14H20N2O. The summed E-state index contributed by atoms with van der Waals surface area (Å²) >= 11 is 0. The van der Waals surface area contributed by atoms with Crippen molar-refractivity contribution in [3.8, 4) is 0 Å². The fraction of sp³-hybridized carbons (Fsp3) is 0.357. The van der Waals surface area contributed by atoms with E-state index in [-0.39, 0.29) is 5.91 Å². The summed E-state index contributed by atoms with van der Waals surface area (Å²) < 4.78 is 0. The standard InChI is InChI=1S/C14H20N2O/c1-2-3-4-5-14(17)16-11-10-12-6-8-13(15)9-7-12/h2,6-9H,1,3-5,10-11,15H2,(H,16,17). The molecule has 17 heavy (non-hydrogen) atoms. The Hall–Kier alpha value is -1.77. The predicted molar refractivity (Wildman–Crippen MR) is 71.6 cm³/mol. The molecule has 0 atom stereocenters. The van der Waals surface area contributed by atoms with Gasteiger partial charge in [-0.25, -0.2) is 0 Å². The summed E-state index contributed by atoms with van der Waals surface area (Å²) in [5.41, 5.74) is 7.55. The van der Waals surface area contributed by atoms with Crippen LogP contribution in [-0.4, -0.2) is 12.5 Å². The van der Waals surface area contributed by atoms with E-state index in [1.807, 2.05) is 30.3 Å². The van der Waals surface area contributed by atoms with E-state index in [0.29, 0.717) is 13.0 Å². The first kappa shape index (κ1) is 13.3. The van der Waals surface area contributed by atoms with E-state index in [9.17, 15) is 4.79 Å². The minimum Gasteiger partial charge on any atom is -0.399 e. The van der Waals surface area contributed by atoms with Gasteiger partial charge < -0.3 is 11.1 Å². The van der Waals surface area contributed by atoms with Crippen molar-refractivity contribution < 1.29 is 4.79 Å². The van der Waals surface area contributed by atoms with E-state index in [1.54, 1.807) is 0 Å². The molecule has 3 nitrogen and oxygen atoms in total. The van der Waals surface area contributed by atoms with Crippen LogP contribution in [0.1, 0.15) is 24.8 Å². The average Bonchev–Trinajstić information content (AvgIpc) is 2.32. The van der Waals surface area contributed by atoms with Crippen molar-refractivity contribution in [2.45, 2.75) is 25.7 Å². The largest absolute Gasteiger partial charge is 0.399 e. The molecule has 0 fully saturated rings. The second-order valence-corrected chi connectivity index (χ2v) is 4.02. The molecule has 0 saturated carbocycles. The highest BCUT2D eigenvalue weighted by Gasteiger charge is 1.99. The molecular weight excluding hydrogens is 212 g/mol. The Kier molecular flexibility index (Phi) is 5.86. The lowest BCUT2D eigenvalue weighted by molar-refractivity contribution is -0.121. The first-order chi connectivity index (χ1) is 8.22. The zero-order valence-corrected chi connectivity index (χ0v) is 10.1. The number of nitrogens with two attached hydrogens (primary N) is 1. The molecule has 0 aliphatic heterocycles. The van der Waals surface area contributed by atoms with Crippen molar-refractivity contribution in [1.29, 1.82) is 0 Å². The third kappa shape index (κ3) is 5.76. The highest BCUT2D eigenvalue weighted by atomic mass is 16.1. The molecule has 3 heteroatoms. The number of hydrogen-bond donors (Lipinski definition) is 2. The van der Waals surface area contributed by atoms with Gasteiger partial charge in [0, 0.05) is 18.7 Å². The molecule has 1 aromatic carbocycles. The third-order valence-corrected chi connectivity index (χ3v) is 2.53. The summed E-state index contributed by atoms with van der Waals surface area (Å²) in [7, 11) is 0. The Bertz CT molecular complexity index is 357. The molecule has 0 radical (unpaired) electrons. The normalized spacial score (nSPS) is 9.88. The molecule has 1 amide bonds. The number of amides is 1. The fourth-order valence-corrected chi connectivity index (χ4v) is 1.53. The smallest absolute Gasteiger partial charge is 0.220 e. The predicted octanol–water partition coefficient (Wildman–Crippen LogP) is 2.28. The Morgan fingerprint density at radius 3 is 2.71 bits per heavy atom. The van der Waals surface area contributed by atoms with Crippen molar-refractivity contribution in [3.05, 3.63) is 42.5 Å². The molecule has 0 unspecified atom stereocenters. The number of nitrogen functional groups attached to an aromatic ring is 1. The molecule has 1 rings (SSSR count). The van der Waals surface area contributed by atoms with E-state index < -0.39 is 0 Å². The summed E-state index contributed by atoms with van der Waals surface area (Å²) in [4.78, 5) is 11.4. The first-order valence-corrected chi connectivity index (χ1v) is 5.94. The SMILES string of the molecule is C=CCCCC(=O)NCCc1ccc(N)cc1. The maximum absolute atomic E-state index is 11.4. The lowest BCUT2D eigenvalue weighted by Gasteiger charge is -2.05. The molecule has 0 aliphatic rings. The summed E-state index contributed by atoms with van der Waals surface area (Å²) in [5, 5.41) is 2.90. The van der Waals surface area contributed by atoms with Crippen LogP contribution in [0, 0.1) is 0 Å². The summed E-state index contributed by atoms with van der Waals surface area (Å²) in [5.74, 6) is 0.113. The maximum Gasteiger partial charge on any atom is 0.220 e. The molecule has 1 aromatic rings. The van der Waals surface area contributed by atoms with Crippen molar-refractivity contribution in [2.75, 3.05) is 12.3 Å². The van der Waals surface area contributed by atoms with E-state index >= 15 is 0 Å². The Labute approximate surface area is 103 Å². The molecule has 0 heterocycles. The Balaban J connectivity index is 2.16. The number of hydrogen-bond acceptors (Lipinski definition) is 2. The van der Waals surface area contributed by atoms with Crippen LogP contribution in [0.2, 0.25) is 0 Å². The van der Waals surface area contributed by atoms with E-state index in [0.717, 1.165) is 24.9 Å². The van der Waals surface area contributed by atoms with E-state index in [1.165, 1.54) is 5.56 Å². The van der Waals surface area contributed by atoms with E-state index in [4.69, 9.17) is 5.73 Å². The monoisotopic (exact) mass is 232 g/mol. The van der Waals surface area contributed by atoms with Crippen LogP contribution in [0.3, 0.4) is 0 Å². The summed E-state index contributed by atoms with van der Waals surface area (Å²) in [6, 6.07) is 7.72. The number of allylic oxidation sites excluding steroid dienone is 1. The van der Waals surface area contributed by atoms with Crippen molar-refractivity contribution >= 4 is 11.6 Å². The highest BCUT2D eigenvalue weighted by Crippen LogP contribution is 2.05. The molecule has 0 aliphatic carbocycles. The van der Waals surface area contributed by atoms with Crippen molar-refractivity contribution in [2.24, 2.45) is 0 Å². The first-order valence-electron chi connectivity index (χ1n) is 5.94. The number of nitrogens with one attached hydrogen (secondary N) is 1. The van der Waals surface area contributed by atoms with Gasteiger partial charge in [-0.05, 0) is 37.0 Å². The van der Waals surface area contributed by atoms with Gasteiger partial charge in [0.1, 0.15) is 0 Å². The van der Waals surface area contributed by atoms with Gasteiger partial charge in [-0.2, -0.15) is 0 Å². The third-order valence-electron chi connectivity index (χ3n) is 2.53. The second kappa shape index (κ2) is 7.49. The minimum atomic E-state index is 0.113. The van der Waals surface area contributed by atoms with E-state index in [2.05, 4.69) is 11.9 Å². The topological polar surface area (TPSA) is 55.1 Å². The second-order valence-electron chi connectivity index (χ2n) is 4.02. The average molecular weight is 232 g/mol. The summed E-state index contributed by atoms with van der Waals surface area (Å²) in [6.45, 7) is 4.30. The number of carbonyl (C=O) groups excluding carboxylic acids is 1. The fourth-order valence-electron chi connectivity index (χ4n) is 1.53. The molecule has 3 N–H and O–H groups in total. The van der Waals surface area contributed by atoms with Gasteiger partial charge in [0.2, 0.25) is 5.91 Å². The van der Waals surface area contributed by atoms with Gasteiger partial charge in [0.25, 0.3) is 0 Å². The molecule has 0 aromatic heterocycles. The van der Waals surface area contributed by atoms with Gasteiger partial charge >= 0.3 is 0 Å².